The zero-order valence-corrected chi connectivity index (χ0v) is 10.4. The van der Waals surface area contributed by atoms with E-state index < -0.39 is 0 Å². The van der Waals surface area contributed by atoms with Gasteiger partial charge < -0.3 is 5.73 Å². The van der Waals surface area contributed by atoms with Crippen LogP contribution in [-0.4, -0.2) is 26.6 Å². The van der Waals surface area contributed by atoms with Crippen molar-refractivity contribution in [1.82, 2.24) is 14.8 Å². The molecule has 0 saturated heterocycles. The van der Waals surface area contributed by atoms with Crippen molar-refractivity contribution < 1.29 is 0 Å². The Morgan fingerprint density at radius 1 is 1.60 bits per heavy atom. The molecule has 1 heterocycles. The Bertz CT molecular complexity index is 376. The van der Waals surface area contributed by atoms with Gasteiger partial charge in [-0.1, -0.05) is 32.5 Å². The number of H-pyrrole nitrogens is 1. The first-order valence-corrected chi connectivity index (χ1v) is 5.72. The third kappa shape index (κ3) is 2.85. The van der Waals surface area contributed by atoms with E-state index in [2.05, 4.69) is 31.0 Å². The van der Waals surface area contributed by atoms with Crippen molar-refractivity contribution in [1.29, 1.82) is 0 Å². The zero-order chi connectivity index (χ0) is 11.6. The highest BCUT2D eigenvalue weighted by Gasteiger charge is 2.26. The molecule has 15 heavy (non-hydrogen) atoms. The van der Waals surface area contributed by atoms with Crippen molar-refractivity contribution in [2.75, 3.05) is 6.54 Å². The van der Waals surface area contributed by atoms with Gasteiger partial charge in [0.1, 0.15) is 0 Å². The molecule has 86 valence electrons. The summed E-state index contributed by atoms with van der Waals surface area (Å²) in [5, 5.41) is 7.29. The molecule has 0 radical (unpaired) electrons. The standard InChI is InChI=1S/C9H18N4OS/c1-9(2,3)6(5-10)15-8-12-11-7(14)13(8)4/h6H,5,10H2,1-4H3,(H,11,14). The van der Waals surface area contributed by atoms with Crippen molar-refractivity contribution in [3.05, 3.63) is 10.5 Å². The lowest BCUT2D eigenvalue weighted by molar-refractivity contribution is 0.397. The number of hydrogen-bond donors (Lipinski definition) is 2. The predicted octanol–water partition coefficient (Wildman–Crippen LogP) is 0.574. The first kappa shape index (κ1) is 12.3. The Labute approximate surface area is 93.4 Å². The summed E-state index contributed by atoms with van der Waals surface area (Å²) in [5.74, 6) is 0. The average molecular weight is 230 g/mol. The summed E-state index contributed by atoms with van der Waals surface area (Å²) in [6, 6.07) is 0. The van der Waals surface area contributed by atoms with Gasteiger partial charge in [0, 0.05) is 18.8 Å². The fourth-order valence-corrected chi connectivity index (χ4v) is 2.19. The minimum Gasteiger partial charge on any atom is -0.329 e. The van der Waals surface area contributed by atoms with Crippen LogP contribution in [0.1, 0.15) is 20.8 Å². The molecule has 1 aromatic heterocycles. The number of nitrogens with zero attached hydrogens (tertiary/aromatic N) is 2. The van der Waals surface area contributed by atoms with Gasteiger partial charge >= 0.3 is 5.69 Å². The Morgan fingerprint density at radius 2 is 2.20 bits per heavy atom. The number of hydrogen-bond acceptors (Lipinski definition) is 4. The summed E-state index contributed by atoms with van der Waals surface area (Å²) < 4.78 is 1.50. The monoisotopic (exact) mass is 230 g/mol. The van der Waals surface area contributed by atoms with E-state index in [1.807, 2.05) is 0 Å². The summed E-state index contributed by atoms with van der Waals surface area (Å²) in [7, 11) is 1.70. The molecule has 5 nitrogen and oxygen atoms in total. The molecule has 1 rings (SSSR count). The lowest BCUT2D eigenvalue weighted by Gasteiger charge is -2.28. The maximum Gasteiger partial charge on any atom is 0.343 e. The summed E-state index contributed by atoms with van der Waals surface area (Å²) in [6.45, 7) is 6.95. The molecule has 0 saturated carbocycles. The Balaban J connectivity index is 2.85. The molecule has 0 aliphatic rings. The minimum absolute atomic E-state index is 0.0917. The van der Waals surface area contributed by atoms with Crippen LogP contribution in [0.4, 0.5) is 0 Å². The van der Waals surface area contributed by atoms with Crippen LogP contribution in [0.2, 0.25) is 0 Å². The highest BCUT2D eigenvalue weighted by Crippen LogP contribution is 2.32. The summed E-state index contributed by atoms with van der Waals surface area (Å²) in [4.78, 5) is 11.2. The van der Waals surface area contributed by atoms with Gasteiger partial charge in [-0.15, -0.1) is 5.10 Å². The van der Waals surface area contributed by atoms with Gasteiger partial charge in [0.25, 0.3) is 0 Å². The van der Waals surface area contributed by atoms with Crippen molar-refractivity contribution in [2.45, 2.75) is 31.2 Å². The van der Waals surface area contributed by atoms with Crippen LogP contribution >= 0.6 is 11.8 Å². The Kier molecular flexibility index (Phi) is 3.62. The van der Waals surface area contributed by atoms with E-state index in [4.69, 9.17) is 5.73 Å². The molecule has 0 aliphatic carbocycles. The van der Waals surface area contributed by atoms with E-state index in [-0.39, 0.29) is 16.4 Å². The fraction of sp³-hybridized carbons (Fsp3) is 0.778. The van der Waals surface area contributed by atoms with Gasteiger partial charge in [0.05, 0.1) is 0 Å². The number of thioether (sulfide) groups is 1. The zero-order valence-electron chi connectivity index (χ0n) is 9.57. The van der Waals surface area contributed by atoms with E-state index in [0.29, 0.717) is 11.7 Å². The Morgan fingerprint density at radius 3 is 2.53 bits per heavy atom. The second-order valence-corrected chi connectivity index (χ2v) is 5.75. The van der Waals surface area contributed by atoms with Crippen LogP contribution in [0.15, 0.2) is 9.95 Å². The highest BCUT2D eigenvalue weighted by molar-refractivity contribution is 7.99. The molecule has 1 aromatic rings. The molecule has 0 aliphatic heterocycles. The van der Waals surface area contributed by atoms with E-state index in [1.54, 1.807) is 7.05 Å². The first-order valence-electron chi connectivity index (χ1n) is 4.84. The molecule has 0 aromatic carbocycles. The van der Waals surface area contributed by atoms with E-state index in [9.17, 15) is 4.79 Å². The van der Waals surface area contributed by atoms with E-state index in [0.717, 1.165) is 0 Å². The maximum absolute atomic E-state index is 11.2. The van der Waals surface area contributed by atoms with Gasteiger partial charge in [-0.3, -0.25) is 4.57 Å². The highest BCUT2D eigenvalue weighted by atomic mass is 32.2. The molecule has 0 amide bonds. The number of rotatable bonds is 3. The van der Waals surface area contributed by atoms with Crippen LogP contribution in [-0.2, 0) is 7.05 Å². The summed E-state index contributed by atoms with van der Waals surface area (Å²) >= 11 is 1.54. The first-order chi connectivity index (χ1) is 6.86. The fourth-order valence-electron chi connectivity index (χ4n) is 1.14. The Hall–Kier alpha value is -0.750. The molecule has 0 fully saturated rings. The van der Waals surface area contributed by atoms with Crippen LogP contribution in [0.3, 0.4) is 0 Å². The maximum atomic E-state index is 11.2. The van der Waals surface area contributed by atoms with E-state index >= 15 is 0 Å². The van der Waals surface area contributed by atoms with Crippen molar-refractivity contribution in [2.24, 2.45) is 18.2 Å². The van der Waals surface area contributed by atoms with Crippen molar-refractivity contribution >= 4 is 11.8 Å². The van der Waals surface area contributed by atoms with Crippen LogP contribution in [0.5, 0.6) is 0 Å². The third-order valence-electron chi connectivity index (χ3n) is 2.27. The average Bonchev–Trinajstić information content (AvgIpc) is 2.43. The van der Waals surface area contributed by atoms with Gasteiger partial charge in [-0.2, -0.15) is 0 Å². The number of nitrogens with one attached hydrogen (secondary N) is 1. The SMILES string of the molecule is Cn1c(SC(CN)C(C)(C)C)n[nH]c1=O. The van der Waals surface area contributed by atoms with Gasteiger partial charge in [0.15, 0.2) is 5.16 Å². The van der Waals surface area contributed by atoms with Gasteiger partial charge in [-0.05, 0) is 5.41 Å². The van der Waals surface area contributed by atoms with Crippen LogP contribution < -0.4 is 11.4 Å². The lowest BCUT2D eigenvalue weighted by Crippen LogP contribution is -2.31. The molecule has 0 spiro atoms. The molecular formula is C9H18N4OS. The summed E-state index contributed by atoms with van der Waals surface area (Å²) in [6.07, 6.45) is 0. The molecule has 1 unspecified atom stereocenters. The summed E-state index contributed by atoms with van der Waals surface area (Å²) in [5.41, 5.74) is 5.62. The number of nitrogens with two attached hydrogens (primary N) is 1. The molecule has 1 atom stereocenters. The van der Waals surface area contributed by atoms with E-state index in [1.165, 1.54) is 16.3 Å². The lowest BCUT2D eigenvalue weighted by atomic mass is 9.92. The third-order valence-corrected chi connectivity index (χ3v) is 4.03. The van der Waals surface area contributed by atoms with Crippen molar-refractivity contribution in [3.8, 4) is 0 Å². The number of aromatic nitrogens is 3. The normalized spacial score (nSPS) is 14.2. The predicted molar refractivity (Wildman–Crippen MR) is 62.0 cm³/mol. The molecule has 6 heteroatoms. The molecule has 0 bridgehead atoms. The largest absolute Gasteiger partial charge is 0.343 e. The van der Waals surface area contributed by atoms with Gasteiger partial charge in [0.2, 0.25) is 0 Å². The van der Waals surface area contributed by atoms with Crippen LogP contribution in [0, 0.1) is 5.41 Å². The smallest absolute Gasteiger partial charge is 0.329 e. The number of aromatic amines is 1. The minimum atomic E-state index is -0.192. The topological polar surface area (TPSA) is 76.7 Å². The second kappa shape index (κ2) is 4.40. The van der Waals surface area contributed by atoms with Gasteiger partial charge in [-0.25, -0.2) is 9.89 Å². The molecule has 3 N–H and O–H groups in total. The van der Waals surface area contributed by atoms with Crippen molar-refractivity contribution in [3.63, 3.8) is 0 Å². The quantitative estimate of drug-likeness (QED) is 0.744. The van der Waals surface area contributed by atoms with Crippen LogP contribution in [0.25, 0.3) is 0 Å². The molecular weight excluding hydrogens is 212 g/mol. The second-order valence-electron chi connectivity index (χ2n) is 4.58.